The van der Waals surface area contributed by atoms with Crippen molar-refractivity contribution in [2.75, 3.05) is 10.3 Å². The van der Waals surface area contributed by atoms with Gasteiger partial charge in [0, 0.05) is 27.2 Å². The first-order chi connectivity index (χ1) is 15.9. The van der Waals surface area contributed by atoms with E-state index in [9.17, 15) is 9.59 Å². The maximum absolute atomic E-state index is 13.1. The van der Waals surface area contributed by atoms with Gasteiger partial charge in [0.2, 0.25) is 5.13 Å². The van der Waals surface area contributed by atoms with E-state index in [1.807, 2.05) is 55.6 Å². The zero-order valence-electron chi connectivity index (χ0n) is 18.0. The molecule has 33 heavy (non-hydrogen) atoms. The number of aryl methyl sites for hydroxylation is 2. The van der Waals surface area contributed by atoms with Gasteiger partial charge in [-0.1, -0.05) is 59.1 Å². The van der Waals surface area contributed by atoms with E-state index >= 15 is 0 Å². The molecule has 4 aromatic rings. The first-order valence-electron chi connectivity index (χ1n) is 10.2. The first kappa shape index (κ1) is 22.5. The van der Waals surface area contributed by atoms with E-state index in [-0.39, 0.29) is 0 Å². The molecule has 2 N–H and O–H groups in total. The third kappa shape index (κ3) is 5.58. The van der Waals surface area contributed by atoms with Crippen molar-refractivity contribution in [1.29, 1.82) is 0 Å². The minimum absolute atomic E-state index is 0.331. The van der Waals surface area contributed by atoms with Crippen LogP contribution >= 0.6 is 22.9 Å². The number of urea groups is 1. The number of thiazole rings is 1. The fourth-order valence-electron chi connectivity index (χ4n) is 2.99. The number of hydrogen-bond acceptors (Lipinski definition) is 4. The van der Waals surface area contributed by atoms with E-state index in [2.05, 4.69) is 15.7 Å². The van der Waals surface area contributed by atoms with E-state index < -0.39 is 11.9 Å². The number of aromatic nitrogens is 1. The van der Waals surface area contributed by atoms with Crippen LogP contribution in [-0.4, -0.2) is 16.9 Å². The van der Waals surface area contributed by atoms with E-state index in [1.54, 1.807) is 36.4 Å². The Morgan fingerprint density at radius 3 is 2.12 bits per heavy atom. The quantitative estimate of drug-likeness (QED) is 0.332. The minimum atomic E-state index is -0.553. The summed E-state index contributed by atoms with van der Waals surface area (Å²) in [6.45, 7) is 3.95. The molecule has 0 spiro atoms. The standard InChI is InChI=1S/C25H21ClN4O2S/c1-16-3-7-18(8-4-16)22-15-33-25(28-22)30(24(32)27-21-13-11-20(26)12-14-21)29-23(31)19-9-5-17(2)6-10-19/h3-15H,1-2H3,(H,27,32)(H,29,31). The van der Waals surface area contributed by atoms with Gasteiger partial charge in [0.25, 0.3) is 5.91 Å². The molecule has 8 heteroatoms. The smallest absolute Gasteiger partial charge is 0.306 e. The molecule has 0 radical (unpaired) electrons. The average molecular weight is 477 g/mol. The number of hydrogen-bond donors (Lipinski definition) is 2. The van der Waals surface area contributed by atoms with Crippen LogP contribution in [0.25, 0.3) is 11.3 Å². The highest BCUT2D eigenvalue weighted by atomic mass is 35.5. The summed E-state index contributed by atoms with van der Waals surface area (Å²) in [7, 11) is 0. The largest absolute Gasteiger partial charge is 0.347 e. The first-order valence-corrected chi connectivity index (χ1v) is 11.4. The van der Waals surface area contributed by atoms with Crippen molar-refractivity contribution in [1.82, 2.24) is 10.4 Å². The second-order valence-corrected chi connectivity index (χ2v) is 8.73. The second kappa shape index (κ2) is 9.85. The number of carbonyl (C=O) groups is 2. The summed E-state index contributed by atoms with van der Waals surface area (Å²) < 4.78 is 0. The zero-order chi connectivity index (χ0) is 23.4. The fraction of sp³-hybridized carbons (Fsp3) is 0.0800. The van der Waals surface area contributed by atoms with Crippen LogP contribution in [0.15, 0.2) is 78.2 Å². The molecule has 0 aliphatic carbocycles. The number of anilines is 2. The van der Waals surface area contributed by atoms with Gasteiger partial charge in [0.15, 0.2) is 0 Å². The summed E-state index contributed by atoms with van der Waals surface area (Å²) in [5.74, 6) is -0.423. The van der Waals surface area contributed by atoms with Crippen LogP contribution < -0.4 is 15.8 Å². The number of nitrogens with zero attached hydrogens (tertiary/aromatic N) is 2. The number of benzene rings is 3. The van der Waals surface area contributed by atoms with Crippen molar-refractivity contribution in [3.8, 4) is 11.3 Å². The monoisotopic (exact) mass is 476 g/mol. The number of amides is 3. The van der Waals surface area contributed by atoms with Crippen molar-refractivity contribution in [2.24, 2.45) is 0 Å². The van der Waals surface area contributed by atoms with Gasteiger partial charge in [-0.05, 0) is 50.2 Å². The number of halogens is 1. The molecule has 0 saturated heterocycles. The minimum Gasteiger partial charge on any atom is -0.306 e. The SMILES string of the molecule is Cc1ccc(C(=O)NN(C(=O)Nc2ccc(Cl)cc2)c2nc(-c3ccc(C)cc3)cs2)cc1. The lowest BCUT2D eigenvalue weighted by molar-refractivity contribution is 0.0951. The average Bonchev–Trinajstić information content (AvgIpc) is 3.29. The highest BCUT2D eigenvalue weighted by Crippen LogP contribution is 2.28. The molecule has 3 amide bonds. The Morgan fingerprint density at radius 1 is 0.879 bits per heavy atom. The Labute approximate surface area is 200 Å². The molecular weight excluding hydrogens is 456 g/mol. The molecule has 0 unspecified atom stereocenters. The van der Waals surface area contributed by atoms with Gasteiger partial charge >= 0.3 is 6.03 Å². The number of rotatable bonds is 4. The van der Waals surface area contributed by atoms with E-state index in [1.165, 1.54) is 11.3 Å². The summed E-state index contributed by atoms with van der Waals surface area (Å²) in [4.78, 5) is 30.6. The third-order valence-electron chi connectivity index (χ3n) is 4.86. The molecule has 4 rings (SSSR count). The van der Waals surface area contributed by atoms with Crippen LogP contribution in [0.4, 0.5) is 15.6 Å². The molecule has 0 aliphatic heterocycles. The molecule has 6 nitrogen and oxygen atoms in total. The van der Waals surface area contributed by atoms with Crippen molar-refractivity contribution >= 4 is 45.7 Å². The van der Waals surface area contributed by atoms with Crippen LogP contribution in [0, 0.1) is 13.8 Å². The van der Waals surface area contributed by atoms with Gasteiger partial charge in [0.05, 0.1) is 5.69 Å². The van der Waals surface area contributed by atoms with Crippen LogP contribution in [0.5, 0.6) is 0 Å². The Kier molecular flexibility index (Phi) is 6.72. The molecule has 0 atom stereocenters. The molecule has 0 aliphatic rings. The van der Waals surface area contributed by atoms with Gasteiger partial charge in [-0.25, -0.2) is 9.78 Å². The Hall–Kier alpha value is -3.68. The van der Waals surface area contributed by atoms with Crippen LogP contribution in [0.2, 0.25) is 5.02 Å². The number of nitrogens with one attached hydrogen (secondary N) is 2. The highest BCUT2D eigenvalue weighted by Gasteiger charge is 2.23. The fourth-order valence-corrected chi connectivity index (χ4v) is 3.91. The molecule has 3 aromatic carbocycles. The normalized spacial score (nSPS) is 10.5. The predicted molar refractivity (Wildman–Crippen MR) is 134 cm³/mol. The number of carbonyl (C=O) groups excluding carboxylic acids is 2. The van der Waals surface area contributed by atoms with E-state index in [4.69, 9.17) is 11.6 Å². The van der Waals surface area contributed by atoms with Crippen LogP contribution in [0.3, 0.4) is 0 Å². The van der Waals surface area contributed by atoms with Crippen molar-refractivity contribution in [2.45, 2.75) is 13.8 Å². The van der Waals surface area contributed by atoms with Crippen molar-refractivity contribution < 1.29 is 9.59 Å². The molecule has 1 aromatic heterocycles. The van der Waals surface area contributed by atoms with Crippen molar-refractivity contribution in [3.63, 3.8) is 0 Å². The lowest BCUT2D eigenvalue weighted by atomic mass is 10.1. The zero-order valence-corrected chi connectivity index (χ0v) is 19.6. The Bertz CT molecular complexity index is 1270. The third-order valence-corrected chi connectivity index (χ3v) is 5.93. The molecule has 0 saturated carbocycles. The predicted octanol–water partition coefficient (Wildman–Crippen LogP) is 6.46. The summed E-state index contributed by atoms with van der Waals surface area (Å²) in [6.07, 6.45) is 0. The maximum atomic E-state index is 13.1. The molecule has 1 heterocycles. The maximum Gasteiger partial charge on any atom is 0.347 e. The summed E-state index contributed by atoms with van der Waals surface area (Å²) in [6, 6.07) is 21.2. The molecular formula is C25H21ClN4O2S. The van der Waals surface area contributed by atoms with Gasteiger partial charge < -0.3 is 5.32 Å². The van der Waals surface area contributed by atoms with Gasteiger partial charge in [-0.15, -0.1) is 11.3 Å². The van der Waals surface area contributed by atoms with Crippen molar-refractivity contribution in [3.05, 3.63) is 99.9 Å². The highest BCUT2D eigenvalue weighted by molar-refractivity contribution is 7.14. The lowest BCUT2D eigenvalue weighted by Crippen LogP contribution is -2.48. The van der Waals surface area contributed by atoms with E-state index in [0.717, 1.165) is 21.7 Å². The topological polar surface area (TPSA) is 74.3 Å². The summed E-state index contributed by atoms with van der Waals surface area (Å²) in [5, 5.41) is 6.63. The molecule has 166 valence electrons. The second-order valence-electron chi connectivity index (χ2n) is 7.46. The van der Waals surface area contributed by atoms with Crippen LogP contribution in [0.1, 0.15) is 21.5 Å². The number of hydrazine groups is 1. The molecule has 0 fully saturated rings. The summed E-state index contributed by atoms with van der Waals surface area (Å²) in [5.41, 5.74) is 7.46. The Balaban J connectivity index is 1.62. The summed E-state index contributed by atoms with van der Waals surface area (Å²) >= 11 is 7.19. The van der Waals surface area contributed by atoms with E-state index in [0.29, 0.717) is 27.1 Å². The van der Waals surface area contributed by atoms with Gasteiger partial charge in [-0.2, -0.15) is 5.01 Å². The lowest BCUT2D eigenvalue weighted by Gasteiger charge is -2.21. The van der Waals surface area contributed by atoms with Gasteiger partial charge in [-0.3, -0.25) is 10.2 Å². The Morgan fingerprint density at radius 2 is 1.48 bits per heavy atom. The molecule has 0 bridgehead atoms. The van der Waals surface area contributed by atoms with Gasteiger partial charge in [0.1, 0.15) is 0 Å². The van der Waals surface area contributed by atoms with Crippen LogP contribution in [-0.2, 0) is 0 Å².